The van der Waals surface area contributed by atoms with Crippen molar-refractivity contribution in [2.75, 3.05) is 33.5 Å². The molecule has 0 aliphatic heterocycles. The number of methoxy groups -OCH3 is 1. The molecule has 1 aromatic heterocycles. The third-order valence-electron chi connectivity index (χ3n) is 3.56. The lowest BCUT2D eigenvalue weighted by molar-refractivity contribution is 0.141. The van der Waals surface area contributed by atoms with Crippen molar-refractivity contribution in [1.29, 1.82) is 0 Å². The summed E-state index contributed by atoms with van der Waals surface area (Å²) in [6, 6.07) is 10.8. The van der Waals surface area contributed by atoms with E-state index in [1.165, 1.54) is 16.6 Å². The maximum absolute atomic E-state index is 5.45. The van der Waals surface area contributed by atoms with Crippen LogP contribution in [0.4, 0.5) is 0 Å². The molecule has 0 saturated carbocycles. The first-order valence-electron chi connectivity index (χ1n) is 7.71. The van der Waals surface area contributed by atoms with Gasteiger partial charge in [0.05, 0.1) is 6.61 Å². The monoisotopic (exact) mass is 290 g/mol. The fraction of sp³-hybridized carbons (Fsp3) is 0.529. The minimum absolute atomic E-state index is 0.741. The minimum atomic E-state index is 0.741. The number of benzene rings is 1. The summed E-state index contributed by atoms with van der Waals surface area (Å²) >= 11 is 0. The van der Waals surface area contributed by atoms with Gasteiger partial charge in [-0.2, -0.15) is 0 Å². The highest BCUT2D eigenvalue weighted by Gasteiger charge is 2.07. The number of nitrogens with one attached hydrogen (secondary N) is 1. The number of ether oxygens (including phenoxy) is 2. The van der Waals surface area contributed by atoms with Crippen LogP contribution in [-0.4, -0.2) is 38.0 Å². The van der Waals surface area contributed by atoms with Crippen LogP contribution in [0.25, 0.3) is 10.9 Å². The summed E-state index contributed by atoms with van der Waals surface area (Å²) < 4.78 is 12.9. The van der Waals surface area contributed by atoms with Crippen molar-refractivity contribution in [3.05, 3.63) is 36.0 Å². The molecule has 4 nitrogen and oxygen atoms in total. The summed E-state index contributed by atoms with van der Waals surface area (Å²) in [5.74, 6) is 0. The number of nitrogens with zero attached hydrogens (tertiary/aromatic N) is 1. The quantitative estimate of drug-likeness (QED) is 0.683. The van der Waals surface area contributed by atoms with Crippen molar-refractivity contribution < 1.29 is 9.47 Å². The van der Waals surface area contributed by atoms with E-state index in [1.807, 2.05) is 6.92 Å². The third-order valence-corrected chi connectivity index (χ3v) is 3.56. The average Bonchev–Trinajstić information content (AvgIpc) is 2.86. The van der Waals surface area contributed by atoms with Gasteiger partial charge in [0.1, 0.15) is 0 Å². The van der Waals surface area contributed by atoms with E-state index in [-0.39, 0.29) is 0 Å². The lowest BCUT2D eigenvalue weighted by atomic mass is 10.2. The Morgan fingerprint density at radius 1 is 1.19 bits per heavy atom. The van der Waals surface area contributed by atoms with E-state index >= 15 is 0 Å². The maximum atomic E-state index is 5.45. The Balaban J connectivity index is 2.06. The summed E-state index contributed by atoms with van der Waals surface area (Å²) in [5, 5.41) is 4.73. The second-order valence-corrected chi connectivity index (χ2v) is 5.07. The Kier molecular flexibility index (Phi) is 6.73. The highest BCUT2D eigenvalue weighted by Crippen LogP contribution is 2.20. The SMILES string of the molecule is CCOCCCn1c(CNCCOC)cc2ccccc21. The van der Waals surface area contributed by atoms with Crippen molar-refractivity contribution in [3.63, 3.8) is 0 Å². The molecule has 4 heteroatoms. The normalized spacial score (nSPS) is 11.3. The number of aryl methyl sites for hydroxylation is 1. The first-order valence-corrected chi connectivity index (χ1v) is 7.71. The first-order chi connectivity index (χ1) is 10.4. The molecular formula is C17H26N2O2. The first kappa shape index (κ1) is 16.0. The van der Waals surface area contributed by atoms with Gasteiger partial charge in [-0.05, 0) is 30.9 Å². The molecule has 21 heavy (non-hydrogen) atoms. The molecule has 0 bridgehead atoms. The van der Waals surface area contributed by atoms with Crippen molar-refractivity contribution in [3.8, 4) is 0 Å². The number of aromatic nitrogens is 1. The number of hydrogen-bond donors (Lipinski definition) is 1. The largest absolute Gasteiger partial charge is 0.383 e. The molecule has 2 rings (SSSR count). The van der Waals surface area contributed by atoms with Gasteiger partial charge in [0.15, 0.2) is 0 Å². The van der Waals surface area contributed by atoms with Gasteiger partial charge in [-0.1, -0.05) is 18.2 Å². The van der Waals surface area contributed by atoms with Crippen molar-refractivity contribution >= 4 is 10.9 Å². The Morgan fingerprint density at radius 2 is 2.05 bits per heavy atom. The number of rotatable bonds is 10. The minimum Gasteiger partial charge on any atom is -0.383 e. The van der Waals surface area contributed by atoms with Crippen molar-refractivity contribution in [1.82, 2.24) is 9.88 Å². The van der Waals surface area contributed by atoms with E-state index in [4.69, 9.17) is 9.47 Å². The number of hydrogen-bond acceptors (Lipinski definition) is 3. The molecule has 0 radical (unpaired) electrons. The van der Waals surface area contributed by atoms with Crippen LogP contribution in [0.5, 0.6) is 0 Å². The standard InChI is InChI=1S/C17H26N2O2/c1-3-21-11-6-10-19-16(14-18-9-12-20-2)13-15-7-4-5-8-17(15)19/h4-5,7-8,13,18H,3,6,9-12,14H2,1-2H3. The molecular weight excluding hydrogens is 264 g/mol. The summed E-state index contributed by atoms with van der Waals surface area (Å²) in [4.78, 5) is 0. The fourth-order valence-electron chi connectivity index (χ4n) is 2.54. The van der Waals surface area contributed by atoms with Crippen LogP contribution < -0.4 is 5.32 Å². The molecule has 0 unspecified atom stereocenters. The molecule has 0 aliphatic rings. The second-order valence-electron chi connectivity index (χ2n) is 5.07. The maximum Gasteiger partial charge on any atom is 0.0587 e. The van der Waals surface area contributed by atoms with Gasteiger partial charge in [-0.3, -0.25) is 0 Å². The summed E-state index contributed by atoms with van der Waals surface area (Å²) in [7, 11) is 1.73. The predicted octanol–water partition coefficient (Wildman–Crippen LogP) is 2.80. The Bertz CT molecular complexity index is 537. The molecule has 1 aromatic carbocycles. The third kappa shape index (κ3) is 4.56. The smallest absolute Gasteiger partial charge is 0.0587 e. The highest BCUT2D eigenvalue weighted by atomic mass is 16.5. The molecule has 1 N–H and O–H groups in total. The van der Waals surface area contributed by atoms with Gasteiger partial charge in [0.25, 0.3) is 0 Å². The Hall–Kier alpha value is -1.36. The molecule has 0 fully saturated rings. The van der Waals surface area contributed by atoms with E-state index in [9.17, 15) is 0 Å². The predicted molar refractivity (Wildman–Crippen MR) is 86.6 cm³/mol. The van der Waals surface area contributed by atoms with Crippen molar-refractivity contribution in [2.24, 2.45) is 0 Å². The van der Waals surface area contributed by atoms with E-state index in [0.29, 0.717) is 0 Å². The molecule has 116 valence electrons. The lowest BCUT2D eigenvalue weighted by Gasteiger charge is -2.11. The van der Waals surface area contributed by atoms with Crippen LogP contribution in [-0.2, 0) is 22.6 Å². The Morgan fingerprint density at radius 3 is 2.86 bits per heavy atom. The van der Waals surface area contributed by atoms with Crippen LogP contribution >= 0.6 is 0 Å². The number of fused-ring (bicyclic) bond motifs is 1. The van der Waals surface area contributed by atoms with E-state index in [1.54, 1.807) is 7.11 Å². The van der Waals surface area contributed by atoms with E-state index in [2.05, 4.69) is 40.2 Å². The van der Waals surface area contributed by atoms with Crippen molar-refractivity contribution in [2.45, 2.75) is 26.4 Å². The molecule has 0 aliphatic carbocycles. The van der Waals surface area contributed by atoms with Gasteiger partial charge in [0.2, 0.25) is 0 Å². The number of para-hydroxylation sites is 1. The molecule has 0 saturated heterocycles. The second kappa shape index (κ2) is 8.82. The highest BCUT2D eigenvalue weighted by molar-refractivity contribution is 5.81. The average molecular weight is 290 g/mol. The molecule has 2 aromatic rings. The molecule has 0 atom stereocenters. The topological polar surface area (TPSA) is 35.4 Å². The summed E-state index contributed by atoms with van der Waals surface area (Å²) in [6.45, 7) is 7.12. The van der Waals surface area contributed by atoms with Gasteiger partial charge < -0.3 is 19.4 Å². The van der Waals surface area contributed by atoms with Gasteiger partial charge in [0, 0.05) is 51.2 Å². The zero-order chi connectivity index (χ0) is 14.9. The van der Waals surface area contributed by atoms with E-state index < -0.39 is 0 Å². The van der Waals surface area contributed by atoms with Gasteiger partial charge in [-0.15, -0.1) is 0 Å². The zero-order valence-corrected chi connectivity index (χ0v) is 13.1. The van der Waals surface area contributed by atoms with Gasteiger partial charge >= 0.3 is 0 Å². The van der Waals surface area contributed by atoms with Crippen LogP contribution in [0.1, 0.15) is 19.0 Å². The Labute approximate surface area is 127 Å². The lowest BCUT2D eigenvalue weighted by Crippen LogP contribution is -2.20. The molecule has 0 spiro atoms. The van der Waals surface area contributed by atoms with Crippen LogP contribution in [0.15, 0.2) is 30.3 Å². The zero-order valence-electron chi connectivity index (χ0n) is 13.1. The summed E-state index contributed by atoms with van der Waals surface area (Å²) in [6.07, 6.45) is 1.04. The van der Waals surface area contributed by atoms with Crippen LogP contribution in [0, 0.1) is 0 Å². The fourth-order valence-corrected chi connectivity index (χ4v) is 2.54. The van der Waals surface area contributed by atoms with Crippen LogP contribution in [0.3, 0.4) is 0 Å². The summed E-state index contributed by atoms with van der Waals surface area (Å²) in [5.41, 5.74) is 2.63. The van der Waals surface area contributed by atoms with E-state index in [0.717, 1.165) is 45.9 Å². The molecule has 1 heterocycles. The van der Waals surface area contributed by atoms with Gasteiger partial charge in [-0.25, -0.2) is 0 Å². The molecule has 0 amide bonds. The van der Waals surface area contributed by atoms with Crippen LogP contribution in [0.2, 0.25) is 0 Å².